The quantitative estimate of drug-likeness (QED) is 0.387. The summed E-state index contributed by atoms with van der Waals surface area (Å²) in [5, 5.41) is 16.5. The molecule has 1 aromatic heterocycles. The van der Waals surface area contributed by atoms with Crippen LogP contribution in [0.2, 0.25) is 0 Å². The van der Waals surface area contributed by atoms with Crippen molar-refractivity contribution in [3.05, 3.63) is 46.2 Å². The second-order valence-electron chi connectivity index (χ2n) is 7.16. The van der Waals surface area contributed by atoms with E-state index in [1.165, 1.54) is 18.2 Å². The number of nitro groups is 1. The van der Waals surface area contributed by atoms with Crippen LogP contribution in [-0.2, 0) is 4.79 Å². The predicted molar refractivity (Wildman–Crippen MR) is 107 cm³/mol. The Morgan fingerprint density at radius 3 is 2.59 bits per heavy atom. The summed E-state index contributed by atoms with van der Waals surface area (Å²) in [6, 6.07) is 6.71. The average Bonchev–Trinajstić information content (AvgIpc) is 3.22. The maximum atomic E-state index is 12.7. The van der Waals surface area contributed by atoms with Gasteiger partial charge in [0, 0.05) is 18.7 Å². The summed E-state index contributed by atoms with van der Waals surface area (Å²) in [6.45, 7) is 0. The molecule has 29 heavy (non-hydrogen) atoms. The van der Waals surface area contributed by atoms with Crippen LogP contribution in [0.1, 0.15) is 42.7 Å². The van der Waals surface area contributed by atoms with E-state index < -0.39 is 16.9 Å². The number of hydrogen-bond acceptors (Lipinski definition) is 6. The molecule has 1 fully saturated rings. The van der Waals surface area contributed by atoms with Crippen LogP contribution in [0.25, 0.3) is 11.3 Å². The SMILES string of the molecule is CNC(=O)[C@@H](NC(=O)c1ccc(-c2ccc(N)c([N+](=O)[O-])c2)o1)C1CCCCC1. The standard InChI is InChI=1S/C20H24N4O5/c1-22-20(26)18(12-5-3-2-4-6-12)23-19(25)17-10-9-16(29-17)13-7-8-14(21)15(11-13)24(27)28/h7-12,18H,2-6,21H2,1H3,(H,22,26)(H,23,25)/t18-/m0/s1. The van der Waals surface area contributed by atoms with E-state index >= 15 is 0 Å². The molecule has 0 spiro atoms. The molecule has 2 aromatic rings. The van der Waals surface area contributed by atoms with Crippen molar-refractivity contribution < 1.29 is 18.9 Å². The maximum absolute atomic E-state index is 12.7. The first-order chi connectivity index (χ1) is 13.9. The van der Waals surface area contributed by atoms with E-state index in [9.17, 15) is 19.7 Å². The van der Waals surface area contributed by atoms with Gasteiger partial charge < -0.3 is 20.8 Å². The monoisotopic (exact) mass is 400 g/mol. The third-order valence-electron chi connectivity index (χ3n) is 5.28. The molecule has 2 amide bonds. The van der Waals surface area contributed by atoms with E-state index in [1.807, 2.05) is 0 Å². The highest BCUT2D eigenvalue weighted by atomic mass is 16.6. The van der Waals surface area contributed by atoms with E-state index in [4.69, 9.17) is 10.2 Å². The van der Waals surface area contributed by atoms with Gasteiger partial charge in [-0.3, -0.25) is 19.7 Å². The number of likely N-dealkylation sites (N-methyl/N-ethyl adjacent to an activating group) is 1. The summed E-state index contributed by atoms with van der Waals surface area (Å²) in [6.07, 6.45) is 4.98. The van der Waals surface area contributed by atoms with Crippen LogP contribution in [0.5, 0.6) is 0 Å². The molecular weight excluding hydrogens is 376 g/mol. The number of carbonyl (C=O) groups excluding carboxylic acids is 2. The molecule has 0 aliphatic heterocycles. The van der Waals surface area contributed by atoms with Gasteiger partial charge in [-0.1, -0.05) is 19.3 Å². The molecule has 4 N–H and O–H groups in total. The lowest BCUT2D eigenvalue weighted by atomic mass is 9.83. The number of anilines is 1. The van der Waals surface area contributed by atoms with Crippen molar-refractivity contribution in [3.63, 3.8) is 0 Å². The average molecular weight is 400 g/mol. The summed E-state index contributed by atoms with van der Waals surface area (Å²) >= 11 is 0. The Balaban J connectivity index is 1.78. The smallest absolute Gasteiger partial charge is 0.292 e. The molecule has 1 heterocycles. The maximum Gasteiger partial charge on any atom is 0.292 e. The molecule has 1 aromatic carbocycles. The molecule has 9 heteroatoms. The Morgan fingerprint density at radius 2 is 1.93 bits per heavy atom. The van der Waals surface area contributed by atoms with Gasteiger partial charge in [-0.05, 0) is 43.0 Å². The van der Waals surface area contributed by atoms with E-state index in [1.54, 1.807) is 19.2 Å². The third-order valence-corrected chi connectivity index (χ3v) is 5.28. The van der Waals surface area contributed by atoms with Gasteiger partial charge in [-0.15, -0.1) is 0 Å². The fourth-order valence-electron chi connectivity index (χ4n) is 3.70. The Kier molecular flexibility index (Phi) is 6.16. The number of nitro benzene ring substituents is 1. The number of hydrogen-bond donors (Lipinski definition) is 3. The normalized spacial score (nSPS) is 15.5. The molecule has 9 nitrogen and oxygen atoms in total. The Bertz CT molecular complexity index is 917. The van der Waals surface area contributed by atoms with Crippen molar-refractivity contribution in [2.24, 2.45) is 5.92 Å². The first kappa shape index (κ1) is 20.4. The Hall–Kier alpha value is -3.36. The summed E-state index contributed by atoms with van der Waals surface area (Å²) < 4.78 is 5.60. The zero-order chi connectivity index (χ0) is 21.0. The number of nitrogens with two attached hydrogens (primary N) is 1. The number of carbonyl (C=O) groups is 2. The molecule has 154 valence electrons. The van der Waals surface area contributed by atoms with Crippen molar-refractivity contribution in [2.75, 3.05) is 12.8 Å². The number of benzene rings is 1. The van der Waals surface area contributed by atoms with Crippen LogP contribution in [0.4, 0.5) is 11.4 Å². The van der Waals surface area contributed by atoms with E-state index in [0.29, 0.717) is 11.3 Å². The largest absolute Gasteiger partial charge is 0.451 e. The first-order valence-corrected chi connectivity index (χ1v) is 9.57. The summed E-state index contributed by atoms with van der Waals surface area (Å²) in [4.78, 5) is 35.5. The lowest BCUT2D eigenvalue weighted by Gasteiger charge is -2.29. The van der Waals surface area contributed by atoms with Crippen molar-refractivity contribution in [3.8, 4) is 11.3 Å². The molecule has 0 radical (unpaired) electrons. The van der Waals surface area contributed by atoms with Crippen LogP contribution in [0.3, 0.4) is 0 Å². The molecule has 1 aliphatic rings. The summed E-state index contributed by atoms with van der Waals surface area (Å²) in [5.74, 6) is -0.315. The molecule has 0 saturated heterocycles. The lowest BCUT2D eigenvalue weighted by molar-refractivity contribution is -0.383. The van der Waals surface area contributed by atoms with E-state index in [0.717, 1.165) is 32.1 Å². The topological polar surface area (TPSA) is 140 Å². The van der Waals surface area contributed by atoms with Gasteiger partial charge in [0.15, 0.2) is 5.76 Å². The van der Waals surface area contributed by atoms with Gasteiger partial charge in [0.2, 0.25) is 5.91 Å². The second-order valence-corrected chi connectivity index (χ2v) is 7.16. The number of rotatable bonds is 6. The van der Waals surface area contributed by atoms with Gasteiger partial charge in [-0.25, -0.2) is 0 Å². The van der Waals surface area contributed by atoms with E-state index in [2.05, 4.69) is 10.6 Å². The summed E-state index contributed by atoms with van der Waals surface area (Å²) in [5.41, 5.74) is 5.86. The zero-order valence-corrected chi connectivity index (χ0v) is 16.1. The molecule has 0 unspecified atom stereocenters. The van der Waals surface area contributed by atoms with Crippen molar-refractivity contribution in [1.82, 2.24) is 10.6 Å². The van der Waals surface area contributed by atoms with Crippen LogP contribution in [0.15, 0.2) is 34.7 Å². The lowest BCUT2D eigenvalue weighted by Crippen LogP contribution is -2.50. The number of amides is 2. The molecule has 3 rings (SSSR count). The summed E-state index contributed by atoms with van der Waals surface area (Å²) in [7, 11) is 1.54. The zero-order valence-electron chi connectivity index (χ0n) is 16.1. The van der Waals surface area contributed by atoms with Crippen LogP contribution in [-0.4, -0.2) is 29.8 Å². The minimum Gasteiger partial charge on any atom is -0.451 e. The number of furan rings is 1. The Labute approximate surface area is 167 Å². The molecule has 1 atom stereocenters. The fourth-order valence-corrected chi connectivity index (χ4v) is 3.70. The van der Waals surface area contributed by atoms with Gasteiger partial charge in [-0.2, -0.15) is 0 Å². The fraction of sp³-hybridized carbons (Fsp3) is 0.400. The minimum absolute atomic E-state index is 0.0317. The highest BCUT2D eigenvalue weighted by molar-refractivity contribution is 5.96. The third kappa shape index (κ3) is 4.56. The molecule has 1 aliphatic carbocycles. The first-order valence-electron chi connectivity index (χ1n) is 9.57. The predicted octanol–water partition coefficient (Wildman–Crippen LogP) is 2.86. The highest BCUT2D eigenvalue weighted by Crippen LogP contribution is 2.30. The van der Waals surface area contributed by atoms with Crippen LogP contribution in [0, 0.1) is 16.0 Å². The number of nitrogens with zero attached hydrogens (tertiary/aromatic N) is 1. The van der Waals surface area contributed by atoms with Gasteiger partial charge in [0.25, 0.3) is 11.6 Å². The molecule has 1 saturated carbocycles. The van der Waals surface area contributed by atoms with Crippen LogP contribution >= 0.6 is 0 Å². The number of nitrogens with one attached hydrogen (secondary N) is 2. The second kappa shape index (κ2) is 8.76. The van der Waals surface area contributed by atoms with Crippen molar-refractivity contribution in [1.29, 1.82) is 0 Å². The number of nitrogen functional groups attached to an aromatic ring is 1. The van der Waals surface area contributed by atoms with Gasteiger partial charge in [0.05, 0.1) is 4.92 Å². The molecular formula is C20H24N4O5. The van der Waals surface area contributed by atoms with Crippen molar-refractivity contribution >= 4 is 23.2 Å². The van der Waals surface area contributed by atoms with Gasteiger partial charge >= 0.3 is 0 Å². The highest BCUT2D eigenvalue weighted by Gasteiger charge is 2.31. The molecule has 0 bridgehead atoms. The van der Waals surface area contributed by atoms with Crippen molar-refractivity contribution in [2.45, 2.75) is 38.1 Å². The van der Waals surface area contributed by atoms with Crippen LogP contribution < -0.4 is 16.4 Å². The van der Waals surface area contributed by atoms with E-state index in [-0.39, 0.29) is 29.0 Å². The Morgan fingerprint density at radius 1 is 1.21 bits per heavy atom. The minimum atomic E-state index is -0.626. The van der Waals surface area contributed by atoms with Gasteiger partial charge in [0.1, 0.15) is 17.5 Å².